The average Bonchev–Trinajstić information content (AvgIpc) is 3.09. The number of nitrogens with one attached hydrogen (secondary N) is 1. The Morgan fingerprint density at radius 1 is 1.08 bits per heavy atom. The maximum Gasteiger partial charge on any atom is 0.251 e. The van der Waals surface area contributed by atoms with Crippen molar-refractivity contribution in [2.24, 2.45) is 5.92 Å². The topological polar surface area (TPSA) is 67.0 Å². The number of hydrogen-bond donors (Lipinski definition) is 2. The second-order valence-electron chi connectivity index (χ2n) is 7.10. The van der Waals surface area contributed by atoms with Gasteiger partial charge in [0.1, 0.15) is 10.7 Å². The Hall–Kier alpha value is -1.88. The molecule has 1 saturated carbocycles. The first kappa shape index (κ1) is 17.9. The van der Waals surface area contributed by atoms with E-state index in [1.807, 2.05) is 43.3 Å². The lowest BCUT2D eigenvalue weighted by Crippen LogP contribution is -2.16. The van der Waals surface area contributed by atoms with Gasteiger partial charge in [-0.3, -0.25) is 4.79 Å². The zero-order valence-corrected chi connectivity index (χ0v) is 15.4. The highest BCUT2D eigenvalue weighted by Crippen LogP contribution is 2.37. The van der Waals surface area contributed by atoms with E-state index in [4.69, 9.17) is 0 Å². The van der Waals surface area contributed by atoms with Crippen molar-refractivity contribution in [3.63, 3.8) is 0 Å². The van der Waals surface area contributed by atoms with Crippen LogP contribution in [0.5, 0.6) is 0 Å². The van der Waals surface area contributed by atoms with Gasteiger partial charge in [0.05, 0.1) is 5.75 Å². The van der Waals surface area contributed by atoms with Crippen LogP contribution in [0.15, 0.2) is 41.2 Å². The number of pyridine rings is 1. The molecule has 0 radical (unpaired) electrons. The highest BCUT2D eigenvalue weighted by molar-refractivity contribution is 7.71. The second-order valence-corrected chi connectivity index (χ2v) is 8.08. The lowest BCUT2D eigenvalue weighted by molar-refractivity contribution is 0.468. The number of aryl methyl sites for hydroxylation is 1. The summed E-state index contributed by atoms with van der Waals surface area (Å²) < 4.78 is 21.8. The van der Waals surface area contributed by atoms with E-state index in [9.17, 15) is 13.2 Å². The highest BCUT2D eigenvalue weighted by atomic mass is 32.2. The molecule has 134 valence electrons. The molecule has 2 aromatic rings. The maximum absolute atomic E-state index is 12.1. The smallest absolute Gasteiger partial charge is 0.251 e. The fourth-order valence-corrected chi connectivity index (χ4v) is 4.30. The molecule has 0 bridgehead atoms. The molecule has 4 nitrogen and oxygen atoms in total. The Morgan fingerprint density at radius 2 is 1.76 bits per heavy atom. The molecule has 1 aliphatic carbocycles. The Morgan fingerprint density at radius 3 is 2.36 bits per heavy atom. The van der Waals surface area contributed by atoms with Crippen LogP contribution in [-0.4, -0.2) is 13.4 Å². The minimum absolute atomic E-state index is 0.0334. The van der Waals surface area contributed by atoms with Gasteiger partial charge in [0, 0.05) is 17.2 Å². The fraction of sp³-hybridized carbons (Fsp3) is 0.450. The minimum atomic E-state index is -2.41. The summed E-state index contributed by atoms with van der Waals surface area (Å²) in [6, 6.07) is 11.7. The first-order valence-electron chi connectivity index (χ1n) is 8.93. The van der Waals surface area contributed by atoms with E-state index in [0.29, 0.717) is 5.92 Å². The predicted octanol–water partition coefficient (Wildman–Crippen LogP) is 3.51. The molecule has 25 heavy (non-hydrogen) atoms. The van der Waals surface area contributed by atoms with Crippen LogP contribution in [0.2, 0.25) is 0 Å². The molecule has 1 aromatic heterocycles. The van der Waals surface area contributed by atoms with Crippen LogP contribution < -0.4 is 5.56 Å². The molecule has 0 saturated heterocycles. The van der Waals surface area contributed by atoms with E-state index >= 15 is 0 Å². The van der Waals surface area contributed by atoms with Crippen molar-refractivity contribution >= 4 is 10.7 Å². The predicted molar refractivity (Wildman–Crippen MR) is 101 cm³/mol. The van der Waals surface area contributed by atoms with Crippen LogP contribution in [0.4, 0.5) is 0 Å². The molecule has 0 spiro atoms. The van der Waals surface area contributed by atoms with Gasteiger partial charge < -0.3 is 4.98 Å². The van der Waals surface area contributed by atoms with Crippen molar-refractivity contribution in [3.8, 4) is 0 Å². The quantitative estimate of drug-likeness (QED) is 0.776. The van der Waals surface area contributed by atoms with Crippen molar-refractivity contribution in [3.05, 3.63) is 69.1 Å². The standard InChI is InChI=1S/C20H25NO3S/c1-14-6-11-19(21-20(14)22)18(12-15-4-2-3-5-15)17-9-7-16(8-10-17)13-25(23)24/h6-11,15,18,25H,2-5,12-13H2,1H3,(H,21,22). The third-order valence-electron chi connectivity index (χ3n) is 5.24. The van der Waals surface area contributed by atoms with Gasteiger partial charge in [-0.05, 0) is 36.5 Å². The van der Waals surface area contributed by atoms with E-state index in [1.165, 1.54) is 25.7 Å². The van der Waals surface area contributed by atoms with E-state index in [0.717, 1.165) is 28.8 Å². The summed E-state index contributed by atoms with van der Waals surface area (Å²) in [7, 11) is -2.41. The summed E-state index contributed by atoms with van der Waals surface area (Å²) in [5.41, 5.74) is 3.57. The van der Waals surface area contributed by atoms with E-state index in [1.54, 1.807) is 0 Å². The first-order chi connectivity index (χ1) is 12.0. The normalized spacial score (nSPS) is 16.4. The molecule has 5 heteroatoms. The summed E-state index contributed by atoms with van der Waals surface area (Å²) in [4.78, 5) is 15.1. The first-order valence-corrected chi connectivity index (χ1v) is 10.3. The average molecular weight is 359 g/mol. The molecule has 1 fully saturated rings. The van der Waals surface area contributed by atoms with Gasteiger partial charge in [0.25, 0.3) is 5.56 Å². The van der Waals surface area contributed by atoms with Crippen molar-refractivity contribution < 1.29 is 8.42 Å². The number of benzene rings is 1. The summed E-state index contributed by atoms with van der Waals surface area (Å²) in [6.45, 7) is 1.81. The van der Waals surface area contributed by atoms with Crippen LogP contribution in [0.1, 0.15) is 60.4 Å². The minimum Gasteiger partial charge on any atom is -0.325 e. The highest BCUT2D eigenvalue weighted by Gasteiger charge is 2.23. The molecule has 1 atom stereocenters. The van der Waals surface area contributed by atoms with Crippen LogP contribution in [-0.2, 0) is 16.5 Å². The molecule has 1 unspecified atom stereocenters. The van der Waals surface area contributed by atoms with Crippen LogP contribution in [0.3, 0.4) is 0 Å². The van der Waals surface area contributed by atoms with Crippen LogP contribution in [0.25, 0.3) is 0 Å². The number of aromatic amines is 1. The molecule has 3 rings (SSSR count). The van der Waals surface area contributed by atoms with E-state index in [-0.39, 0.29) is 17.2 Å². The maximum atomic E-state index is 12.1. The van der Waals surface area contributed by atoms with Crippen molar-refractivity contribution in [2.75, 3.05) is 0 Å². The zero-order valence-electron chi connectivity index (χ0n) is 14.5. The molecule has 0 aliphatic heterocycles. The van der Waals surface area contributed by atoms with Gasteiger partial charge in [-0.2, -0.15) is 0 Å². The Labute approximate surface area is 150 Å². The third kappa shape index (κ3) is 4.60. The van der Waals surface area contributed by atoms with Gasteiger partial charge in [-0.1, -0.05) is 56.0 Å². The van der Waals surface area contributed by atoms with E-state index < -0.39 is 10.7 Å². The number of H-pyrrole nitrogens is 1. The molecule has 1 aromatic carbocycles. The SMILES string of the molecule is Cc1ccc(C(CC2CCCC2)c2ccc(C[SH](=O)=O)cc2)[nH]c1=O. The molecular formula is C20H25NO3S. The Bertz CT molecular complexity index is 838. The molecule has 1 heterocycles. The Balaban J connectivity index is 1.91. The lowest BCUT2D eigenvalue weighted by Gasteiger charge is -2.21. The molecule has 0 amide bonds. The van der Waals surface area contributed by atoms with Crippen molar-refractivity contribution in [1.82, 2.24) is 4.98 Å². The number of rotatable bonds is 6. The molecule has 1 aliphatic rings. The number of thiol groups is 1. The summed E-state index contributed by atoms with van der Waals surface area (Å²) in [5, 5.41) is 0. The lowest BCUT2D eigenvalue weighted by atomic mass is 9.85. The number of aromatic nitrogens is 1. The zero-order chi connectivity index (χ0) is 17.8. The van der Waals surface area contributed by atoms with Gasteiger partial charge in [0.2, 0.25) is 0 Å². The van der Waals surface area contributed by atoms with E-state index in [2.05, 4.69) is 4.98 Å². The number of hydrogen-bond acceptors (Lipinski definition) is 3. The van der Waals surface area contributed by atoms with Crippen LogP contribution in [0, 0.1) is 12.8 Å². The van der Waals surface area contributed by atoms with Gasteiger partial charge in [-0.15, -0.1) is 0 Å². The van der Waals surface area contributed by atoms with Crippen molar-refractivity contribution in [1.29, 1.82) is 0 Å². The largest absolute Gasteiger partial charge is 0.325 e. The molecule has 1 N–H and O–H groups in total. The van der Waals surface area contributed by atoms with Gasteiger partial charge in [-0.25, -0.2) is 8.42 Å². The van der Waals surface area contributed by atoms with Gasteiger partial charge >= 0.3 is 0 Å². The van der Waals surface area contributed by atoms with Crippen molar-refractivity contribution in [2.45, 2.75) is 50.7 Å². The summed E-state index contributed by atoms with van der Waals surface area (Å²) in [5.74, 6) is 0.904. The molecular weight excluding hydrogens is 334 g/mol. The van der Waals surface area contributed by atoms with Gasteiger partial charge in [0.15, 0.2) is 0 Å². The summed E-state index contributed by atoms with van der Waals surface area (Å²) >= 11 is 0. The second kappa shape index (κ2) is 8.00. The van der Waals surface area contributed by atoms with Crippen LogP contribution >= 0.6 is 0 Å². The summed E-state index contributed by atoms with van der Waals surface area (Å²) in [6.07, 6.45) is 6.10. The Kier molecular flexibility index (Phi) is 5.74. The monoisotopic (exact) mass is 359 g/mol. The third-order valence-corrected chi connectivity index (χ3v) is 5.87. The fourth-order valence-electron chi connectivity index (χ4n) is 3.79.